The van der Waals surface area contributed by atoms with Crippen LogP contribution in [0.1, 0.15) is 6.42 Å². The van der Waals surface area contributed by atoms with Crippen LogP contribution in [0.15, 0.2) is 12.1 Å². The van der Waals surface area contributed by atoms with Crippen LogP contribution in [0, 0.1) is 5.82 Å². The van der Waals surface area contributed by atoms with Crippen LogP contribution in [0.5, 0.6) is 5.75 Å². The zero-order chi connectivity index (χ0) is 9.26. The highest BCUT2D eigenvalue weighted by Crippen LogP contribution is 2.31. The maximum atomic E-state index is 13.0. The summed E-state index contributed by atoms with van der Waals surface area (Å²) in [5.41, 5.74) is 0.680. The van der Waals surface area contributed by atoms with Crippen LogP contribution in [-0.2, 0) is 0 Å². The number of benzene rings is 1. The summed E-state index contributed by atoms with van der Waals surface area (Å²) in [5, 5.41) is 3.17. The monoisotopic (exact) mass is 201 g/mol. The third-order valence-electron chi connectivity index (χ3n) is 1.92. The number of rotatable bonds is 0. The van der Waals surface area contributed by atoms with E-state index in [1.165, 1.54) is 12.1 Å². The molecule has 0 saturated carbocycles. The van der Waals surface area contributed by atoms with Crippen molar-refractivity contribution in [1.29, 1.82) is 0 Å². The zero-order valence-electron chi connectivity index (χ0n) is 6.94. The molecule has 2 rings (SSSR count). The van der Waals surface area contributed by atoms with Gasteiger partial charge in [-0.3, -0.25) is 0 Å². The average molecular weight is 202 g/mol. The minimum Gasteiger partial charge on any atom is -0.491 e. The first-order valence-electron chi connectivity index (χ1n) is 4.13. The molecule has 13 heavy (non-hydrogen) atoms. The van der Waals surface area contributed by atoms with Gasteiger partial charge in [0.2, 0.25) is 0 Å². The standard InChI is InChI=1S/C9H9ClFNO/c10-6-4-9-8(5-7(6)11)12-2-1-3-13-9/h4-5,12H,1-3H2. The highest BCUT2D eigenvalue weighted by Gasteiger charge is 2.11. The highest BCUT2D eigenvalue weighted by molar-refractivity contribution is 6.31. The Bertz CT molecular complexity index is 299. The van der Waals surface area contributed by atoms with E-state index < -0.39 is 5.82 Å². The summed E-state index contributed by atoms with van der Waals surface area (Å²) in [6.45, 7) is 1.44. The third-order valence-corrected chi connectivity index (χ3v) is 2.21. The smallest absolute Gasteiger partial charge is 0.144 e. The van der Waals surface area contributed by atoms with Crippen molar-refractivity contribution < 1.29 is 9.13 Å². The molecule has 2 nitrogen and oxygen atoms in total. The highest BCUT2D eigenvalue weighted by atomic mass is 35.5. The molecule has 1 N–H and O–H groups in total. The minimum atomic E-state index is -0.418. The molecular formula is C9H9ClFNO. The number of ether oxygens (including phenoxy) is 1. The van der Waals surface area contributed by atoms with Gasteiger partial charge in [0.25, 0.3) is 0 Å². The van der Waals surface area contributed by atoms with Crippen molar-refractivity contribution in [3.63, 3.8) is 0 Å². The molecule has 0 bridgehead atoms. The Kier molecular flexibility index (Phi) is 2.27. The van der Waals surface area contributed by atoms with Gasteiger partial charge >= 0.3 is 0 Å². The van der Waals surface area contributed by atoms with E-state index in [0.717, 1.165) is 13.0 Å². The molecule has 0 spiro atoms. The van der Waals surface area contributed by atoms with Gasteiger partial charge in [-0.25, -0.2) is 4.39 Å². The number of nitrogens with one attached hydrogen (secondary N) is 1. The van der Waals surface area contributed by atoms with Gasteiger partial charge in [0.1, 0.15) is 11.6 Å². The largest absolute Gasteiger partial charge is 0.491 e. The van der Waals surface area contributed by atoms with E-state index in [1.54, 1.807) is 0 Å². The van der Waals surface area contributed by atoms with E-state index in [0.29, 0.717) is 18.0 Å². The summed E-state index contributed by atoms with van der Waals surface area (Å²) in [6, 6.07) is 2.87. The lowest BCUT2D eigenvalue weighted by Gasteiger charge is -2.07. The topological polar surface area (TPSA) is 21.3 Å². The van der Waals surface area contributed by atoms with E-state index in [2.05, 4.69) is 5.32 Å². The molecular weight excluding hydrogens is 193 g/mol. The molecule has 0 aromatic heterocycles. The molecule has 0 unspecified atom stereocenters. The Morgan fingerprint density at radius 3 is 3.15 bits per heavy atom. The van der Waals surface area contributed by atoms with Crippen LogP contribution in [-0.4, -0.2) is 13.2 Å². The van der Waals surface area contributed by atoms with Gasteiger partial charge in [-0.2, -0.15) is 0 Å². The van der Waals surface area contributed by atoms with Crippen molar-refractivity contribution >= 4 is 17.3 Å². The number of fused-ring (bicyclic) bond motifs is 1. The Hall–Kier alpha value is -0.960. The van der Waals surface area contributed by atoms with E-state index in [1.807, 2.05) is 0 Å². The molecule has 0 fully saturated rings. The average Bonchev–Trinajstić information content (AvgIpc) is 2.31. The first kappa shape index (κ1) is 8.63. The zero-order valence-corrected chi connectivity index (χ0v) is 7.70. The third kappa shape index (κ3) is 1.70. The van der Waals surface area contributed by atoms with Gasteiger partial charge in [0.05, 0.1) is 17.3 Å². The Balaban J connectivity index is 2.43. The molecule has 0 radical (unpaired) electrons. The van der Waals surface area contributed by atoms with Crippen LogP contribution in [0.25, 0.3) is 0 Å². The van der Waals surface area contributed by atoms with Crippen LogP contribution in [0.4, 0.5) is 10.1 Å². The van der Waals surface area contributed by atoms with Gasteiger partial charge < -0.3 is 10.1 Å². The van der Waals surface area contributed by atoms with Gasteiger partial charge in [-0.1, -0.05) is 11.6 Å². The lowest BCUT2D eigenvalue weighted by molar-refractivity contribution is 0.322. The van der Waals surface area contributed by atoms with Crippen LogP contribution < -0.4 is 10.1 Å². The van der Waals surface area contributed by atoms with Gasteiger partial charge in [0, 0.05) is 18.7 Å². The molecule has 4 heteroatoms. The molecule has 1 heterocycles. The summed E-state index contributed by atoms with van der Waals surface area (Å²) < 4.78 is 18.4. The Morgan fingerprint density at radius 1 is 1.46 bits per heavy atom. The molecule has 1 aliphatic heterocycles. The number of anilines is 1. The number of halogens is 2. The molecule has 0 aliphatic carbocycles. The molecule has 0 saturated heterocycles. The molecule has 70 valence electrons. The molecule has 0 amide bonds. The van der Waals surface area contributed by atoms with Crippen LogP contribution in [0.3, 0.4) is 0 Å². The number of hydrogen-bond donors (Lipinski definition) is 1. The van der Waals surface area contributed by atoms with Crippen molar-refractivity contribution in [3.8, 4) is 5.75 Å². The lowest BCUT2D eigenvalue weighted by atomic mass is 10.3. The van der Waals surface area contributed by atoms with Crippen LogP contribution >= 0.6 is 11.6 Å². The quantitative estimate of drug-likeness (QED) is 0.697. The summed E-state index contributed by atoms with van der Waals surface area (Å²) in [4.78, 5) is 0. The summed E-state index contributed by atoms with van der Waals surface area (Å²) >= 11 is 5.62. The van der Waals surface area contributed by atoms with E-state index in [-0.39, 0.29) is 5.02 Å². The number of hydrogen-bond acceptors (Lipinski definition) is 2. The Morgan fingerprint density at radius 2 is 2.31 bits per heavy atom. The fourth-order valence-electron chi connectivity index (χ4n) is 1.26. The van der Waals surface area contributed by atoms with Crippen molar-refractivity contribution in [1.82, 2.24) is 0 Å². The molecule has 1 aromatic rings. The fraction of sp³-hybridized carbons (Fsp3) is 0.333. The first-order chi connectivity index (χ1) is 6.27. The van der Waals surface area contributed by atoms with Gasteiger partial charge in [-0.15, -0.1) is 0 Å². The summed E-state index contributed by atoms with van der Waals surface area (Å²) in [7, 11) is 0. The van der Waals surface area contributed by atoms with E-state index >= 15 is 0 Å². The molecule has 0 atom stereocenters. The second kappa shape index (κ2) is 3.42. The fourth-order valence-corrected chi connectivity index (χ4v) is 1.42. The predicted octanol–water partition coefficient (Wildman–Crippen LogP) is 2.67. The SMILES string of the molecule is Fc1cc2c(cc1Cl)OCCCN2. The van der Waals surface area contributed by atoms with Crippen molar-refractivity contribution in [2.45, 2.75) is 6.42 Å². The van der Waals surface area contributed by atoms with Crippen molar-refractivity contribution in [2.75, 3.05) is 18.5 Å². The maximum absolute atomic E-state index is 13.0. The minimum absolute atomic E-state index is 0.0995. The second-order valence-electron chi connectivity index (χ2n) is 2.89. The van der Waals surface area contributed by atoms with Crippen LogP contribution in [0.2, 0.25) is 5.02 Å². The summed E-state index contributed by atoms with van der Waals surface area (Å²) in [5.74, 6) is 0.210. The van der Waals surface area contributed by atoms with Crippen molar-refractivity contribution in [2.24, 2.45) is 0 Å². The maximum Gasteiger partial charge on any atom is 0.144 e. The lowest BCUT2D eigenvalue weighted by Crippen LogP contribution is -2.00. The Labute approximate surface area is 80.7 Å². The molecule has 1 aliphatic rings. The van der Waals surface area contributed by atoms with Crippen molar-refractivity contribution in [3.05, 3.63) is 23.0 Å². The second-order valence-corrected chi connectivity index (χ2v) is 3.30. The predicted molar refractivity (Wildman–Crippen MR) is 50.0 cm³/mol. The molecule has 1 aromatic carbocycles. The van der Waals surface area contributed by atoms with Gasteiger partial charge in [0.15, 0.2) is 0 Å². The van der Waals surface area contributed by atoms with E-state index in [4.69, 9.17) is 16.3 Å². The van der Waals surface area contributed by atoms with Gasteiger partial charge in [-0.05, 0) is 6.42 Å². The normalized spacial score (nSPS) is 15.2. The first-order valence-corrected chi connectivity index (χ1v) is 4.51. The summed E-state index contributed by atoms with van der Waals surface area (Å²) in [6.07, 6.45) is 0.911. The van der Waals surface area contributed by atoms with E-state index in [9.17, 15) is 4.39 Å².